The number of anilines is 1. The van der Waals surface area contributed by atoms with Crippen molar-refractivity contribution < 1.29 is 28.7 Å². The minimum Gasteiger partial charge on any atom is -0.462 e. The van der Waals surface area contributed by atoms with E-state index in [2.05, 4.69) is 32.6 Å². The highest BCUT2D eigenvalue weighted by Crippen LogP contribution is 2.35. The molecule has 0 aliphatic heterocycles. The second kappa shape index (κ2) is 21.6. The van der Waals surface area contributed by atoms with Gasteiger partial charge in [0.2, 0.25) is 0 Å². The molecule has 2 aromatic heterocycles. The summed E-state index contributed by atoms with van der Waals surface area (Å²) in [6.07, 6.45) is 14.6. The van der Waals surface area contributed by atoms with Crippen molar-refractivity contribution in [3.8, 4) is 0 Å². The van der Waals surface area contributed by atoms with Gasteiger partial charge in [0.05, 0.1) is 41.4 Å². The number of unbranched alkanes of at least 4 members (excludes halogenated alkanes) is 10. The van der Waals surface area contributed by atoms with Crippen LogP contribution < -0.4 is 5.32 Å². The molecule has 1 amide bonds. The number of halogens is 2. The van der Waals surface area contributed by atoms with E-state index in [9.17, 15) is 19.2 Å². The minimum atomic E-state index is -1.42. The molecule has 0 spiro atoms. The minimum absolute atomic E-state index is 0.106. The molecule has 0 radical (unpaired) electrons. The van der Waals surface area contributed by atoms with Crippen molar-refractivity contribution >= 4 is 75.4 Å². The van der Waals surface area contributed by atoms with Crippen LogP contribution in [0.1, 0.15) is 125 Å². The molecule has 12 nitrogen and oxygen atoms in total. The van der Waals surface area contributed by atoms with E-state index < -0.39 is 29.7 Å². The number of carbonyl (C=O) groups excluding carboxylic acids is 4. The first-order valence-corrected chi connectivity index (χ1v) is 19.7. The Hall–Kier alpha value is -4.07. The van der Waals surface area contributed by atoms with E-state index in [1.165, 1.54) is 87.0 Å². The third-order valence-corrected chi connectivity index (χ3v) is 10.1. The first-order valence-electron chi connectivity index (χ1n) is 18.1. The van der Waals surface area contributed by atoms with Crippen LogP contribution in [0.2, 0.25) is 10.0 Å². The molecular weight excluding hydrogens is 739 g/mol. The SMILES string of the molecule is CCCCCCCCCCCCOC(=O)c1ccc(Cl)c(NC(=O)C(C(C)=O)n2cnc3c(Sc4ccc(Cl)cc4C(=O)OCCCC)nnnc32)c1. The molecule has 0 aliphatic rings. The van der Waals surface area contributed by atoms with Gasteiger partial charge in [0.1, 0.15) is 5.52 Å². The van der Waals surface area contributed by atoms with Crippen LogP contribution in [0.25, 0.3) is 11.2 Å². The van der Waals surface area contributed by atoms with Gasteiger partial charge in [-0.2, -0.15) is 0 Å². The number of hydrogen-bond acceptors (Lipinski definition) is 11. The molecule has 2 heterocycles. The van der Waals surface area contributed by atoms with E-state index in [0.717, 1.165) is 43.9 Å². The zero-order valence-electron chi connectivity index (χ0n) is 30.4. The number of ketones is 1. The number of hydrogen-bond donors (Lipinski definition) is 1. The van der Waals surface area contributed by atoms with Crippen molar-refractivity contribution in [1.82, 2.24) is 25.0 Å². The Morgan fingerprint density at radius 1 is 0.811 bits per heavy atom. The molecule has 1 unspecified atom stereocenters. The Bertz CT molecular complexity index is 1870. The van der Waals surface area contributed by atoms with Gasteiger partial charge in [-0.05, 0) is 61.4 Å². The lowest BCUT2D eigenvalue weighted by Gasteiger charge is -2.17. The van der Waals surface area contributed by atoms with Crippen molar-refractivity contribution in [3.05, 3.63) is 63.9 Å². The van der Waals surface area contributed by atoms with Gasteiger partial charge in [-0.3, -0.25) is 14.2 Å². The molecule has 1 atom stereocenters. The van der Waals surface area contributed by atoms with Gasteiger partial charge < -0.3 is 14.8 Å². The molecule has 0 bridgehead atoms. The maximum Gasteiger partial charge on any atom is 0.339 e. The van der Waals surface area contributed by atoms with Crippen LogP contribution >= 0.6 is 35.0 Å². The fourth-order valence-corrected chi connectivity index (χ4v) is 6.80. The average molecular weight is 786 g/mol. The summed E-state index contributed by atoms with van der Waals surface area (Å²) >= 11 is 13.7. The highest BCUT2D eigenvalue weighted by atomic mass is 35.5. The Morgan fingerprint density at radius 2 is 1.47 bits per heavy atom. The van der Waals surface area contributed by atoms with E-state index in [1.54, 1.807) is 12.1 Å². The smallest absolute Gasteiger partial charge is 0.339 e. The van der Waals surface area contributed by atoms with Crippen LogP contribution in [0.3, 0.4) is 0 Å². The second-order valence-corrected chi connectivity index (χ2v) is 14.5. The zero-order chi connectivity index (χ0) is 38.2. The van der Waals surface area contributed by atoms with E-state index in [-0.39, 0.29) is 51.2 Å². The number of benzene rings is 2. The maximum absolute atomic E-state index is 13.7. The molecule has 0 aliphatic carbocycles. The summed E-state index contributed by atoms with van der Waals surface area (Å²) in [5.41, 5.74) is 0.931. The van der Waals surface area contributed by atoms with Crippen molar-refractivity contribution in [3.63, 3.8) is 0 Å². The van der Waals surface area contributed by atoms with E-state index in [1.807, 2.05) is 6.92 Å². The van der Waals surface area contributed by atoms with Gasteiger partial charge in [0.25, 0.3) is 5.91 Å². The van der Waals surface area contributed by atoms with Crippen LogP contribution in [0.15, 0.2) is 52.6 Å². The maximum atomic E-state index is 13.7. The first-order chi connectivity index (χ1) is 25.6. The Morgan fingerprint density at radius 3 is 2.17 bits per heavy atom. The lowest BCUT2D eigenvalue weighted by Crippen LogP contribution is -2.31. The van der Waals surface area contributed by atoms with Crippen molar-refractivity contribution in [2.45, 2.75) is 114 Å². The summed E-state index contributed by atoms with van der Waals surface area (Å²) in [4.78, 5) is 57.2. The number of nitrogens with zero attached hydrogens (tertiary/aromatic N) is 5. The molecule has 2 aromatic carbocycles. The predicted octanol–water partition coefficient (Wildman–Crippen LogP) is 9.48. The summed E-state index contributed by atoms with van der Waals surface area (Å²) in [6.45, 7) is 6.03. The summed E-state index contributed by atoms with van der Waals surface area (Å²) in [6, 6.07) is 7.80. The molecule has 53 heavy (non-hydrogen) atoms. The van der Waals surface area contributed by atoms with Crippen LogP contribution in [0.5, 0.6) is 0 Å². The van der Waals surface area contributed by atoms with Crippen LogP contribution in [-0.4, -0.2) is 61.8 Å². The summed E-state index contributed by atoms with van der Waals surface area (Å²) in [5.74, 6) is -2.34. The quantitative estimate of drug-likeness (QED) is 0.0460. The van der Waals surface area contributed by atoms with Gasteiger partial charge in [-0.15, -0.1) is 10.2 Å². The van der Waals surface area contributed by atoms with E-state index >= 15 is 0 Å². The standard InChI is InChI=1S/C38H46Cl2N6O6S/c1-4-6-8-9-10-11-12-13-14-15-21-51-37(49)26-16-18-29(40)30(22-26)42-35(48)33(25(3)47)46-24-41-32-34(46)43-45-44-36(32)53-31-19-17-27(39)23-28(31)38(50)52-20-7-5-2/h16-19,22-24,33H,4-15,20-21H2,1-3H3,(H,42,48). The number of Topliss-reactive ketones (excluding diaryl/α,β-unsaturated/α-hetero) is 1. The monoisotopic (exact) mass is 784 g/mol. The van der Waals surface area contributed by atoms with Gasteiger partial charge in [-0.1, -0.05) is 113 Å². The number of imidazole rings is 1. The molecule has 284 valence electrons. The first kappa shape index (κ1) is 41.7. The largest absolute Gasteiger partial charge is 0.462 e. The van der Waals surface area contributed by atoms with Gasteiger partial charge in [0, 0.05) is 9.92 Å². The van der Waals surface area contributed by atoms with Gasteiger partial charge in [-0.25, -0.2) is 14.6 Å². The van der Waals surface area contributed by atoms with Crippen LogP contribution in [0, 0.1) is 0 Å². The fraction of sp³-hybridized carbons (Fsp3) is 0.474. The molecule has 0 saturated heterocycles. The number of rotatable bonds is 22. The Labute approximate surface area is 324 Å². The van der Waals surface area contributed by atoms with Crippen LogP contribution in [-0.2, 0) is 19.1 Å². The predicted molar refractivity (Wildman–Crippen MR) is 206 cm³/mol. The third-order valence-electron chi connectivity index (χ3n) is 8.45. The average Bonchev–Trinajstić information content (AvgIpc) is 3.56. The topological polar surface area (TPSA) is 155 Å². The lowest BCUT2D eigenvalue weighted by molar-refractivity contribution is -0.128. The Balaban J connectivity index is 1.42. The van der Waals surface area contributed by atoms with Gasteiger partial charge >= 0.3 is 11.9 Å². The molecule has 0 saturated carbocycles. The number of ether oxygens (including phenoxy) is 2. The molecule has 15 heteroatoms. The summed E-state index contributed by atoms with van der Waals surface area (Å²) in [7, 11) is 0. The highest BCUT2D eigenvalue weighted by Gasteiger charge is 2.30. The molecular formula is C38H46Cl2N6O6S. The highest BCUT2D eigenvalue weighted by molar-refractivity contribution is 7.99. The third kappa shape index (κ3) is 12.2. The second-order valence-electron chi connectivity index (χ2n) is 12.7. The zero-order valence-corrected chi connectivity index (χ0v) is 32.7. The van der Waals surface area contributed by atoms with Crippen molar-refractivity contribution in [2.75, 3.05) is 18.5 Å². The van der Waals surface area contributed by atoms with Gasteiger partial charge in [0.15, 0.2) is 22.5 Å². The molecule has 4 aromatic rings. The van der Waals surface area contributed by atoms with Crippen molar-refractivity contribution in [1.29, 1.82) is 0 Å². The molecule has 0 fully saturated rings. The van der Waals surface area contributed by atoms with E-state index in [4.69, 9.17) is 32.7 Å². The number of esters is 2. The number of fused-ring (bicyclic) bond motifs is 1. The molecule has 1 N–H and O–H groups in total. The lowest BCUT2D eigenvalue weighted by atomic mass is 10.1. The number of nitrogens with one attached hydrogen (secondary N) is 1. The fourth-order valence-electron chi connectivity index (χ4n) is 5.55. The molecule has 4 rings (SSSR count). The number of aromatic nitrogens is 5. The van der Waals surface area contributed by atoms with Crippen molar-refractivity contribution in [2.24, 2.45) is 0 Å². The van der Waals surface area contributed by atoms with Crippen LogP contribution in [0.4, 0.5) is 5.69 Å². The summed E-state index contributed by atoms with van der Waals surface area (Å²) < 4.78 is 12.2. The van der Waals surface area contributed by atoms with E-state index in [0.29, 0.717) is 9.92 Å². The number of amides is 1. The Kier molecular flexibility index (Phi) is 17.0. The summed E-state index contributed by atoms with van der Waals surface area (Å²) in [5, 5.41) is 15.5. The number of carbonyl (C=O) groups is 4. The normalized spacial score (nSPS) is 11.7.